The lowest BCUT2D eigenvalue weighted by atomic mass is 9.90. The van der Waals surface area contributed by atoms with E-state index >= 15 is 0 Å². The van der Waals surface area contributed by atoms with Crippen molar-refractivity contribution in [3.63, 3.8) is 0 Å². The highest BCUT2D eigenvalue weighted by Crippen LogP contribution is 2.25. The molecule has 1 unspecified atom stereocenters. The van der Waals surface area contributed by atoms with Gasteiger partial charge in [0.15, 0.2) is 5.60 Å². The van der Waals surface area contributed by atoms with Crippen LogP contribution in [0.1, 0.15) is 40.5 Å². The first-order chi connectivity index (χ1) is 6.73. The van der Waals surface area contributed by atoms with Gasteiger partial charge < -0.3 is 15.2 Å². The molecule has 4 heteroatoms. The van der Waals surface area contributed by atoms with Crippen LogP contribution in [0.25, 0.3) is 0 Å². The van der Waals surface area contributed by atoms with Gasteiger partial charge in [0.2, 0.25) is 0 Å². The average Bonchev–Trinajstić information content (AvgIpc) is 2.00. The van der Waals surface area contributed by atoms with Gasteiger partial charge in [0.1, 0.15) is 0 Å². The summed E-state index contributed by atoms with van der Waals surface area (Å²) in [6.45, 7) is 8.30. The Labute approximate surface area is 91.0 Å². The van der Waals surface area contributed by atoms with Gasteiger partial charge in [-0.1, -0.05) is 0 Å². The zero-order valence-corrected chi connectivity index (χ0v) is 9.96. The third-order valence-corrected chi connectivity index (χ3v) is 2.78. The predicted octanol–water partition coefficient (Wildman–Crippen LogP) is 1.40. The van der Waals surface area contributed by atoms with Crippen molar-refractivity contribution < 1.29 is 14.6 Å². The molecule has 0 radical (unpaired) electrons. The molecule has 1 aliphatic rings. The van der Waals surface area contributed by atoms with Gasteiger partial charge in [-0.3, -0.25) is 0 Å². The lowest BCUT2D eigenvalue weighted by Crippen LogP contribution is -2.51. The molecule has 1 aliphatic heterocycles. The van der Waals surface area contributed by atoms with E-state index in [9.17, 15) is 4.79 Å². The lowest BCUT2D eigenvalue weighted by Gasteiger charge is -2.38. The van der Waals surface area contributed by atoms with Gasteiger partial charge in [-0.2, -0.15) is 0 Å². The van der Waals surface area contributed by atoms with Crippen LogP contribution < -0.4 is 5.32 Å². The predicted molar refractivity (Wildman–Crippen MR) is 57.9 cm³/mol. The minimum atomic E-state index is -1.09. The number of piperidine rings is 1. The molecule has 1 fully saturated rings. The van der Waals surface area contributed by atoms with Crippen molar-refractivity contribution in [2.45, 2.75) is 57.8 Å². The van der Waals surface area contributed by atoms with Crippen LogP contribution in [0.15, 0.2) is 0 Å². The van der Waals surface area contributed by atoms with Crippen LogP contribution in [0.3, 0.4) is 0 Å². The molecule has 0 aromatic carbocycles. The van der Waals surface area contributed by atoms with Crippen molar-refractivity contribution >= 4 is 5.97 Å². The molecule has 4 nitrogen and oxygen atoms in total. The fourth-order valence-electron chi connectivity index (χ4n) is 1.88. The molecule has 2 N–H and O–H groups in total. The number of carbonyl (C=O) groups is 1. The van der Waals surface area contributed by atoms with Crippen molar-refractivity contribution in [3.05, 3.63) is 0 Å². The number of hydrogen-bond donors (Lipinski definition) is 2. The Morgan fingerprint density at radius 1 is 1.53 bits per heavy atom. The number of aliphatic carboxylic acids is 1. The van der Waals surface area contributed by atoms with Crippen LogP contribution in [0.4, 0.5) is 0 Å². The topological polar surface area (TPSA) is 58.6 Å². The maximum atomic E-state index is 10.9. The van der Waals surface area contributed by atoms with Gasteiger partial charge in [0.05, 0.1) is 6.10 Å². The molecule has 0 amide bonds. The van der Waals surface area contributed by atoms with Crippen molar-refractivity contribution in [1.82, 2.24) is 5.32 Å². The Morgan fingerprint density at radius 3 is 2.60 bits per heavy atom. The highest BCUT2D eigenvalue weighted by molar-refractivity contribution is 5.76. The highest BCUT2D eigenvalue weighted by atomic mass is 16.5. The van der Waals surface area contributed by atoms with Gasteiger partial charge in [-0.05, 0) is 47.1 Å². The van der Waals surface area contributed by atoms with E-state index < -0.39 is 11.6 Å². The largest absolute Gasteiger partial charge is 0.479 e. The first kappa shape index (κ1) is 12.5. The Kier molecular flexibility index (Phi) is 3.41. The van der Waals surface area contributed by atoms with Gasteiger partial charge in [-0.25, -0.2) is 4.79 Å². The van der Waals surface area contributed by atoms with E-state index in [0.29, 0.717) is 0 Å². The van der Waals surface area contributed by atoms with E-state index in [1.165, 1.54) is 0 Å². The van der Waals surface area contributed by atoms with Gasteiger partial charge in [0, 0.05) is 5.54 Å². The number of ether oxygens (including phenoxy) is 1. The first-order valence-electron chi connectivity index (χ1n) is 5.39. The van der Waals surface area contributed by atoms with E-state index in [4.69, 9.17) is 9.84 Å². The Morgan fingerprint density at radius 2 is 2.13 bits per heavy atom. The minimum Gasteiger partial charge on any atom is -0.479 e. The molecule has 0 aromatic rings. The van der Waals surface area contributed by atoms with E-state index in [1.54, 1.807) is 13.8 Å². The molecule has 1 atom stereocenters. The van der Waals surface area contributed by atoms with Gasteiger partial charge >= 0.3 is 5.97 Å². The van der Waals surface area contributed by atoms with Crippen LogP contribution >= 0.6 is 0 Å². The fraction of sp³-hybridized carbons (Fsp3) is 0.909. The van der Waals surface area contributed by atoms with Gasteiger partial charge in [-0.15, -0.1) is 0 Å². The summed E-state index contributed by atoms with van der Waals surface area (Å²) in [6.07, 6.45) is 1.76. The zero-order valence-electron chi connectivity index (χ0n) is 9.96. The molecule has 1 rings (SSSR count). The summed E-state index contributed by atoms with van der Waals surface area (Å²) < 4.78 is 5.64. The summed E-state index contributed by atoms with van der Waals surface area (Å²) in [6, 6.07) is 0. The summed E-state index contributed by atoms with van der Waals surface area (Å²) in [5.41, 5.74) is -1.05. The van der Waals surface area contributed by atoms with Crippen molar-refractivity contribution in [3.8, 4) is 0 Å². The molecule has 0 aliphatic carbocycles. The fourth-order valence-corrected chi connectivity index (χ4v) is 1.88. The second-order valence-corrected chi connectivity index (χ2v) is 5.36. The van der Waals surface area contributed by atoms with Crippen LogP contribution in [-0.4, -0.2) is 34.9 Å². The quantitative estimate of drug-likeness (QED) is 0.747. The summed E-state index contributed by atoms with van der Waals surface area (Å²) in [7, 11) is 0. The van der Waals surface area contributed by atoms with E-state index in [2.05, 4.69) is 19.2 Å². The molecule has 1 saturated heterocycles. The molecular formula is C11H21NO3. The number of nitrogens with one attached hydrogen (secondary N) is 1. The number of carboxylic acids is 1. The Balaban J connectivity index is 2.55. The standard InChI is InChI=1S/C11H21NO3/c1-10(2)7-8(5-6-12-10)15-11(3,4)9(13)14/h8,12H,5-7H2,1-4H3,(H,13,14). The normalized spacial score (nSPS) is 26.3. The molecule has 0 spiro atoms. The molecule has 88 valence electrons. The third kappa shape index (κ3) is 3.47. The first-order valence-corrected chi connectivity index (χ1v) is 5.39. The van der Waals surface area contributed by atoms with Crippen molar-refractivity contribution in [1.29, 1.82) is 0 Å². The van der Waals surface area contributed by atoms with Crippen LogP contribution in [0, 0.1) is 0 Å². The number of rotatable bonds is 3. The monoisotopic (exact) mass is 215 g/mol. The second-order valence-electron chi connectivity index (χ2n) is 5.36. The van der Waals surface area contributed by atoms with Crippen molar-refractivity contribution in [2.75, 3.05) is 6.54 Å². The summed E-state index contributed by atoms with van der Waals surface area (Å²) in [4.78, 5) is 10.9. The average molecular weight is 215 g/mol. The molecule has 1 heterocycles. The smallest absolute Gasteiger partial charge is 0.335 e. The Bertz CT molecular complexity index is 248. The van der Waals surface area contributed by atoms with Crippen LogP contribution in [0.2, 0.25) is 0 Å². The van der Waals surface area contributed by atoms with Gasteiger partial charge in [0.25, 0.3) is 0 Å². The minimum absolute atomic E-state index is 0.0346. The molecular weight excluding hydrogens is 194 g/mol. The third-order valence-electron chi connectivity index (χ3n) is 2.78. The van der Waals surface area contributed by atoms with Crippen molar-refractivity contribution in [2.24, 2.45) is 0 Å². The molecule has 0 bridgehead atoms. The summed E-state index contributed by atoms with van der Waals surface area (Å²) >= 11 is 0. The lowest BCUT2D eigenvalue weighted by molar-refractivity contribution is -0.171. The molecule has 0 saturated carbocycles. The highest BCUT2D eigenvalue weighted by Gasteiger charge is 2.35. The SMILES string of the molecule is CC1(C)CC(OC(C)(C)C(=O)O)CCN1. The summed E-state index contributed by atoms with van der Waals surface area (Å²) in [5.74, 6) is -0.904. The maximum Gasteiger partial charge on any atom is 0.335 e. The Hall–Kier alpha value is -0.610. The number of carboxylic acid groups (broad SMARTS) is 1. The van der Waals surface area contributed by atoms with E-state index in [-0.39, 0.29) is 11.6 Å². The maximum absolute atomic E-state index is 10.9. The second kappa shape index (κ2) is 4.10. The van der Waals surface area contributed by atoms with Crippen LogP contribution in [0.5, 0.6) is 0 Å². The van der Waals surface area contributed by atoms with E-state index in [0.717, 1.165) is 19.4 Å². The molecule has 15 heavy (non-hydrogen) atoms. The summed E-state index contributed by atoms with van der Waals surface area (Å²) in [5, 5.41) is 12.3. The molecule has 0 aromatic heterocycles. The van der Waals surface area contributed by atoms with E-state index in [1.807, 2.05) is 0 Å². The van der Waals surface area contributed by atoms with Crippen LogP contribution in [-0.2, 0) is 9.53 Å². The number of hydrogen-bond acceptors (Lipinski definition) is 3. The zero-order chi connectivity index (χ0) is 11.7.